The Hall–Kier alpha value is -1.44. The van der Waals surface area contributed by atoms with Crippen LogP contribution in [-0.2, 0) is 19.6 Å². The van der Waals surface area contributed by atoms with Crippen molar-refractivity contribution in [2.24, 2.45) is 0 Å². The molecule has 1 heterocycles. The molecule has 2 rings (SSSR count). The summed E-state index contributed by atoms with van der Waals surface area (Å²) in [5.41, 5.74) is 0.501. The van der Waals surface area contributed by atoms with Gasteiger partial charge in [0.05, 0.1) is 17.6 Å². The molecule has 0 bridgehead atoms. The number of anilines is 1. The minimum atomic E-state index is -3.56. The quantitative estimate of drug-likeness (QED) is 0.896. The largest absolute Gasteiger partial charge is 0.376 e. The van der Waals surface area contributed by atoms with Gasteiger partial charge in [-0.15, -0.1) is 0 Å². The van der Waals surface area contributed by atoms with Crippen molar-refractivity contribution in [2.75, 3.05) is 25.0 Å². The molecule has 1 fully saturated rings. The highest BCUT2D eigenvalue weighted by molar-refractivity contribution is 7.89. The number of benzene rings is 1. The first kappa shape index (κ1) is 16.9. The maximum Gasteiger partial charge on any atom is 0.243 e. The third-order valence-electron chi connectivity index (χ3n) is 3.44. The molecule has 6 nitrogen and oxygen atoms in total. The van der Waals surface area contributed by atoms with Gasteiger partial charge in [-0.2, -0.15) is 4.31 Å². The second-order valence-corrected chi connectivity index (χ2v) is 7.31. The van der Waals surface area contributed by atoms with E-state index in [1.807, 2.05) is 13.8 Å². The maximum atomic E-state index is 12.7. The summed E-state index contributed by atoms with van der Waals surface area (Å²) in [4.78, 5) is 11.8. The van der Waals surface area contributed by atoms with Crippen molar-refractivity contribution >= 4 is 21.6 Å². The number of nitrogens with zero attached hydrogens (tertiary/aromatic N) is 1. The Morgan fingerprint density at radius 3 is 2.91 bits per heavy atom. The SMILES string of the molecule is CCCC(=O)Nc1cccc(S(=O)(=O)N2CCOC(C)C2)c1. The fraction of sp³-hybridized carbons (Fsp3) is 0.533. The van der Waals surface area contributed by atoms with Crippen LogP contribution < -0.4 is 5.32 Å². The molecule has 1 aliphatic rings. The van der Waals surface area contributed by atoms with Crippen LogP contribution in [-0.4, -0.2) is 44.4 Å². The summed E-state index contributed by atoms with van der Waals surface area (Å²) >= 11 is 0. The molecule has 1 N–H and O–H groups in total. The van der Waals surface area contributed by atoms with Crippen LogP contribution in [0.5, 0.6) is 0 Å². The van der Waals surface area contributed by atoms with E-state index in [9.17, 15) is 13.2 Å². The summed E-state index contributed by atoms with van der Waals surface area (Å²) in [5, 5.41) is 2.72. The predicted molar refractivity (Wildman–Crippen MR) is 84.2 cm³/mol. The normalized spacial score (nSPS) is 19.8. The van der Waals surface area contributed by atoms with Gasteiger partial charge in [0.2, 0.25) is 15.9 Å². The molecule has 0 aromatic heterocycles. The van der Waals surface area contributed by atoms with E-state index in [-0.39, 0.29) is 16.9 Å². The molecular formula is C15H22N2O4S. The highest BCUT2D eigenvalue weighted by atomic mass is 32.2. The van der Waals surface area contributed by atoms with E-state index < -0.39 is 10.0 Å². The number of amides is 1. The van der Waals surface area contributed by atoms with Gasteiger partial charge in [-0.25, -0.2) is 8.42 Å². The average molecular weight is 326 g/mol. The lowest BCUT2D eigenvalue weighted by Gasteiger charge is -2.30. The molecular weight excluding hydrogens is 304 g/mol. The number of carbonyl (C=O) groups excluding carboxylic acids is 1. The van der Waals surface area contributed by atoms with Crippen LogP contribution >= 0.6 is 0 Å². The number of nitrogens with one attached hydrogen (secondary N) is 1. The Labute approximate surface area is 131 Å². The van der Waals surface area contributed by atoms with Gasteiger partial charge in [-0.3, -0.25) is 4.79 Å². The maximum absolute atomic E-state index is 12.7. The minimum absolute atomic E-state index is 0.114. The van der Waals surface area contributed by atoms with E-state index in [4.69, 9.17) is 4.74 Å². The van der Waals surface area contributed by atoms with Crippen LogP contribution in [0.25, 0.3) is 0 Å². The molecule has 0 aliphatic carbocycles. The number of morpholine rings is 1. The monoisotopic (exact) mass is 326 g/mol. The van der Waals surface area contributed by atoms with Gasteiger partial charge in [0, 0.05) is 25.2 Å². The first-order valence-electron chi connectivity index (χ1n) is 7.45. The predicted octanol–water partition coefficient (Wildman–Crippen LogP) is 1.83. The molecule has 1 aromatic rings. The van der Waals surface area contributed by atoms with Crippen molar-refractivity contribution in [1.29, 1.82) is 0 Å². The van der Waals surface area contributed by atoms with Crippen molar-refractivity contribution < 1.29 is 17.9 Å². The van der Waals surface area contributed by atoms with Crippen LogP contribution in [0.2, 0.25) is 0 Å². The summed E-state index contributed by atoms with van der Waals surface area (Å²) in [6, 6.07) is 6.38. The van der Waals surface area contributed by atoms with Crippen LogP contribution in [0.4, 0.5) is 5.69 Å². The van der Waals surface area contributed by atoms with E-state index in [1.54, 1.807) is 18.2 Å². The van der Waals surface area contributed by atoms with Crippen molar-refractivity contribution in [1.82, 2.24) is 4.31 Å². The smallest absolute Gasteiger partial charge is 0.243 e. The third kappa shape index (κ3) is 4.06. The van der Waals surface area contributed by atoms with Gasteiger partial charge in [0.1, 0.15) is 0 Å². The van der Waals surface area contributed by atoms with Gasteiger partial charge < -0.3 is 10.1 Å². The van der Waals surface area contributed by atoms with Gasteiger partial charge in [0.15, 0.2) is 0 Å². The lowest BCUT2D eigenvalue weighted by molar-refractivity contribution is -0.116. The molecule has 122 valence electrons. The zero-order valence-corrected chi connectivity index (χ0v) is 13.7. The van der Waals surface area contributed by atoms with E-state index in [0.717, 1.165) is 6.42 Å². The van der Waals surface area contributed by atoms with Crippen molar-refractivity contribution in [2.45, 2.75) is 37.7 Å². The zero-order valence-electron chi connectivity index (χ0n) is 12.9. The lowest BCUT2D eigenvalue weighted by Crippen LogP contribution is -2.44. The molecule has 0 radical (unpaired) electrons. The second-order valence-electron chi connectivity index (χ2n) is 5.37. The van der Waals surface area contributed by atoms with Gasteiger partial charge >= 0.3 is 0 Å². The van der Waals surface area contributed by atoms with Crippen LogP contribution in [0, 0.1) is 0 Å². The van der Waals surface area contributed by atoms with Crippen molar-refractivity contribution in [3.63, 3.8) is 0 Å². The summed E-state index contributed by atoms with van der Waals surface area (Å²) in [6.07, 6.45) is 1.05. The number of hydrogen-bond donors (Lipinski definition) is 1. The number of rotatable bonds is 5. The topological polar surface area (TPSA) is 75.7 Å². The summed E-state index contributed by atoms with van der Waals surface area (Å²) < 4.78 is 32.1. The number of ether oxygens (including phenoxy) is 1. The Morgan fingerprint density at radius 1 is 1.45 bits per heavy atom. The van der Waals surface area contributed by atoms with Crippen molar-refractivity contribution in [3.05, 3.63) is 24.3 Å². The summed E-state index contributed by atoms with van der Waals surface area (Å²) in [6.45, 7) is 4.85. The highest BCUT2D eigenvalue weighted by Crippen LogP contribution is 2.21. The van der Waals surface area contributed by atoms with Gasteiger partial charge in [-0.1, -0.05) is 13.0 Å². The van der Waals surface area contributed by atoms with Crippen LogP contribution in [0.15, 0.2) is 29.2 Å². The molecule has 1 aromatic carbocycles. The lowest BCUT2D eigenvalue weighted by atomic mass is 10.3. The molecule has 1 unspecified atom stereocenters. The van der Waals surface area contributed by atoms with Crippen LogP contribution in [0.1, 0.15) is 26.7 Å². The molecule has 1 amide bonds. The highest BCUT2D eigenvalue weighted by Gasteiger charge is 2.29. The minimum Gasteiger partial charge on any atom is -0.376 e. The number of carbonyl (C=O) groups is 1. The molecule has 1 atom stereocenters. The fourth-order valence-corrected chi connectivity index (χ4v) is 3.88. The van der Waals surface area contributed by atoms with E-state index in [0.29, 0.717) is 31.8 Å². The second kappa shape index (κ2) is 7.21. The first-order chi connectivity index (χ1) is 10.4. The molecule has 7 heteroatoms. The van der Waals surface area contributed by atoms with Crippen molar-refractivity contribution in [3.8, 4) is 0 Å². The van der Waals surface area contributed by atoms with Gasteiger partial charge in [0.25, 0.3) is 0 Å². The molecule has 0 spiro atoms. The summed E-state index contributed by atoms with van der Waals surface area (Å²) in [5.74, 6) is -0.114. The summed E-state index contributed by atoms with van der Waals surface area (Å²) in [7, 11) is -3.56. The van der Waals surface area contributed by atoms with Crippen LogP contribution in [0.3, 0.4) is 0 Å². The fourth-order valence-electron chi connectivity index (χ4n) is 2.34. The third-order valence-corrected chi connectivity index (χ3v) is 5.30. The number of hydrogen-bond acceptors (Lipinski definition) is 4. The Bertz CT molecular complexity index is 630. The van der Waals surface area contributed by atoms with Gasteiger partial charge in [-0.05, 0) is 31.5 Å². The molecule has 1 aliphatic heterocycles. The molecule has 22 heavy (non-hydrogen) atoms. The molecule has 1 saturated heterocycles. The number of sulfonamides is 1. The van der Waals surface area contributed by atoms with E-state index in [1.165, 1.54) is 10.4 Å². The zero-order chi connectivity index (χ0) is 16.2. The molecule has 0 saturated carbocycles. The first-order valence-corrected chi connectivity index (χ1v) is 8.89. The van der Waals surface area contributed by atoms with E-state index >= 15 is 0 Å². The average Bonchev–Trinajstić information content (AvgIpc) is 2.47. The Balaban J connectivity index is 2.19. The Morgan fingerprint density at radius 2 is 2.23 bits per heavy atom. The van der Waals surface area contributed by atoms with E-state index in [2.05, 4.69) is 5.32 Å². The Kier molecular flexibility index (Phi) is 5.55. The standard InChI is InChI=1S/C15H22N2O4S/c1-3-5-15(18)16-13-6-4-7-14(10-13)22(19,20)17-8-9-21-12(2)11-17/h4,6-7,10,12H,3,5,8-9,11H2,1-2H3,(H,16,18).